The summed E-state index contributed by atoms with van der Waals surface area (Å²) in [6, 6.07) is 17.9. The number of aromatic nitrogens is 1. The fraction of sp³-hybridized carbons (Fsp3) is 0.318. The first-order valence-corrected chi connectivity index (χ1v) is 9.26. The predicted octanol–water partition coefficient (Wildman–Crippen LogP) is 4.94. The predicted molar refractivity (Wildman–Crippen MR) is 106 cm³/mol. The van der Waals surface area contributed by atoms with Crippen LogP contribution in [0.15, 0.2) is 54.6 Å². The van der Waals surface area contributed by atoms with Crippen LogP contribution in [0.1, 0.15) is 49.3 Å². The maximum Gasteiger partial charge on any atom is 0.268 e. The summed E-state index contributed by atoms with van der Waals surface area (Å²) in [6.07, 6.45) is 0.956. The highest BCUT2D eigenvalue weighted by Gasteiger charge is 2.19. The van der Waals surface area contributed by atoms with Crippen LogP contribution in [0.5, 0.6) is 5.75 Å². The number of aryl methyl sites for hydroxylation is 1. The molecule has 0 aliphatic carbocycles. The first-order valence-electron chi connectivity index (χ1n) is 9.26. The lowest BCUT2D eigenvalue weighted by molar-refractivity contribution is 0.0931. The Bertz CT molecular complexity index is 884. The monoisotopic (exact) mass is 350 g/mol. The van der Waals surface area contributed by atoms with E-state index in [1.807, 2.05) is 68.4 Å². The fourth-order valence-electron chi connectivity index (χ4n) is 3.29. The summed E-state index contributed by atoms with van der Waals surface area (Å²) in [6.45, 7) is 7.49. The van der Waals surface area contributed by atoms with Crippen LogP contribution in [0.4, 0.5) is 0 Å². The molecule has 0 aliphatic rings. The van der Waals surface area contributed by atoms with Crippen LogP contribution in [0.2, 0.25) is 0 Å². The number of fused-ring (bicyclic) bond motifs is 1. The van der Waals surface area contributed by atoms with E-state index in [2.05, 4.69) is 16.8 Å². The Labute approximate surface area is 154 Å². The molecule has 0 unspecified atom stereocenters. The van der Waals surface area contributed by atoms with Crippen molar-refractivity contribution in [2.24, 2.45) is 0 Å². The van der Waals surface area contributed by atoms with Crippen LogP contribution in [-0.2, 0) is 6.54 Å². The molecule has 4 nitrogen and oxygen atoms in total. The Hall–Kier alpha value is -2.75. The minimum atomic E-state index is -0.0616. The summed E-state index contributed by atoms with van der Waals surface area (Å²) in [5.41, 5.74) is 2.81. The van der Waals surface area contributed by atoms with Gasteiger partial charge in [0.15, 0.2) is 0 Å². The molecule has 0 saturated carbocycles. The van der Waals surface area contributed by atoms with Crippen molar-refractivity contribution >= 4 is 16.8 Å². The average Bonchev–Trinajstić information content (AvgIpc) is 3.03. The van der Waals surface area contributed by atoms with Gasteiger partial charge in [-0.3, -0.25) is 4.79 Å². The van der Waals surface area contributed by atoms with Gasteiger partial charge in [0.05, 0.1) is 18.2 Å². The van der Waals surface area contributed by atoms with Crippen molar-refractivity contribution < 1.29 is 9.53 Å². The molecule has 1 amide bonds. The number of carbonyl (C=O) groups excluding carboxylic acids is 1. The van der Waals surface area contributed by atoms with Crippen LogP contribution < -0.4 is 10.1 Å². The smallest absolute Gasteiger partial charge is 0.268 e. The zero-order valence-corrected chi connectivity index (χ0v) is 15.7. The molecule has 0 radical (unpaired) electrons. The molecular weight excluding hydrogens is 324 g/mol. The van der Waals surface area contributed by atoms with E-state index < -0.39 is 0 Å². The zero-order chi connectivity index (χ0) is 18.5. The van der Waals surface area contributed by atoms with E-state index in [0.717, 1.165) is 35.2 Å². The summed E-state index contributed by atoms with van der Waals surface area (Å²) in [4.78, 5) is 13.0. The number of benzene rings is 2. The second kappa shape index (κ2) is 8.09. The van der Waals surface area contributed by atoms with Gasteiger partial charge < -0.3 is 14.6 Å². The SMILES string of the molecule is CCCn1c(C(=O)N[C@H](C)c2ccccc2)cc2c(OCC)cccc21. The summed E-state index contributed by atoms with van der Waals surface area (Å²) < 4.78 is 7.84. The molecule has 1 aromatic heterocycles. The number of hydrogen-bond donors (Lipinski definition) is 1. The van der Waals surface area contributed by atoms with Crippen LogP contribution in [0, 0.1) is 0 Å². The lowest BCUT2D eigenvalue weighted by Crippen LogP contribution is -2.28. The molecule has 26 heavy (non-hydrogen) atoms. The number of nitrogens with zero attached hydrogens (tertiary/aromatic N) is 1. The fourth-order valence-corrected chi connectivity index (χ4v) is 3.29. The Morgan fingerprint density at radius 2 is 1.88 bits per heavy atom. The van der Waals surface area contributed by atoms with Crippen molar-refractivity contribution in [3.63, 3.8) is 0 Å². The Kier molecular flexibility index (Phi) is 5.61. The lowest BCUT2D eigenvalue weighted by Gasteiger charge is -2.15. The molecule has 1 atom stereocenters. The van der Waals surface area contributed by atoms with Crippen molar-refractivity contribution in [3.05, 3.63) is 65.9 Å². The first kappa shape index (κ1) is 18.1. The molecule has 3 aromatic rings. The van der Waals surface area contributed by atoms with Gasteiger partial charge in [-0.15, -0.1) is 0 Å². The summed E-state index contributed by atoms with van der Waals surface area (Å²) >= 11 is 0. The number of amides is 1. The number of hydrogen-bond acceptors (Lipinski definition) is 2. The average molecular weight is 350 g/mol. The van der Waals surface area contributed by atoms with Gasteiger partial charge in [-0.25, -0.2) is 0 Å². The molecule has 0 spiro atoms. The molecule has 3 rings (SSSR count). The summed E-state index contributed by atoms with van der Waals surface area (Å²) in [5, 5.41) is 4.11. The van der Waals surface area contributed by atoms with Gasteiger partial charge in [0.25, 0.3) is 5.91 Å². The number of nitrogens with one attached hydrogen (secondary N) is 1. The molecule has 2 aromatic carbocycles. The molecule has 0 fully saturated rings. The number of ether oxygens (including phenoxy) is 1. The third-order valence-corrected chi connectivity index (χ3v) is 4.53. The number of rotatable bonds is 7. The molecule has 0 aliphatic heterocycles. The van der Waals surface area contributed by atoms with E-state index in [9.17, 15) is 4.79 Å². The number of carbonyl (C=O) groups is 1. The summed E-state index contributed by atoms with van der Waals surface area (Å²) in [5.74, 6) is 0.762. The van der Waals surface area contributed by atoms with Gasteiger partial charge in [-0.05, 0) is 44.0 Å². The molecular formula is C22H26N2O2. The van der Waals surface area contributed by atoms with Crippen LogP contribution in [0.25, 0.3) is 10.9 Å². The van der Waals surface area contributed by atoms with Gasteiger partial charge in [0, 0.05) is 11.9 Å². The highest BCUT2D eigenvalue weighted by atomic mass is 16.5. The molecule has 1 N–H and O–H groups in total. The van der Waals surface area contributed by atoms with E-state index in [1.165, 1.54) is 0 Å². The second-order valence-corrected chi connectivity index (χ2v) is 6.41. The van der Waals surface area contributed by atoms with Gasteiger partial charge in [-0.2, -0.15) is 0 Å². The molecule has 0 saturated heterocycles. The highest BCUT2D eigenvalue weighted by molar-refractivity contribution is 6.00. The normalized spacial score (nSPS) is 12.1. The highest BCUT2D eigenvalue weighted by Crippen LogP contribution is 2.29. The standard InChI is InChI=1S/C22H26N2O2/c1-4-14-24-19-12-9-13-21(26-5-2)18(19)15-20(24)22(25)23-16(3)17-10-7-6-8-11-17/h6-13,15-16H,4-5,14H2,1-3H3,(H,23,25)/t16-/m1/s1. The minimum absolute atomic E-state index is 0.0526. The second-order valence-electron chi connectivity index (χ2n) is 6.41. The largest absolute Gasteiger partial charge is 0.493 e. The lowest BCUT2D eigenvalue weighted by atomic mass is 10.1. The minimum Gasteiger partial charge on any atom is -0.493 e. The van der Waals surface area contributed by atoms with Crippen molar-refractivity contribution in [1.29, 1.82) is 0 Å². The van der Waals surface area contributed by atoms with Gasteiger partial charge in [0.1, 0.15) is 11.4 Å². The molecule has 1 heterocycles. The first-order chi connectivity index (χ1) is 12.7. The van der Waals surface area contributed by atoms with E-state index >= 15 is 0 Å². The Morgan fingerprint density at radius 3 is 2.58 bits per heavy atom. The Morgan fingerprint density at radius 1 is 1.12 bits per heavy atom. The maximum atomic E-state index is 13.0. The van der Waals surface area contributed by atoms with Crippen LogP contribution in [0.3, 0.4) is 0 Å². The topological polar surface area (TPSA) is 43.3 Å². The van der Waals surface area contributed by atoms with Gasteiger partial charge in [0.2, 0.25) is 0 Å². The van der Waals surface area contributed by atoms with Gasteiger partial charge >= 0.3 is 0 Å². The van der Waals surface area contributed by atoms with Gasteiger partial charge in [-0.1, -0.05) is 43.3 Å². The molecule has 0 bridgehead atoms. The third-order valence-electron chi connectivity index (χ3n) is 4.53. The maximum absolute atomic E-state index is 13.0. The van der Waals surface area contributed by atoms with E-state index in [1.54, 1.807) is 0 Å². The van der Waals surface area contributed by atoms with Crippen molar-refractivity contribution in [2.75, 3.05) is 6.61 Å². The van der Waals surface area contributed by atoms with Crippen molar-refractivity contribution in [2.45, 2.75) is 39.8 Å². The summed E-state index contributed by atoms with van der Waals surface area (Å²) in [7, 11) is 0. The van der Waals surface area contributed by atoms with E-state index in [0.29, 0.717) is 12.3 Å². The van der Waals surface area contributed by atoms with Crippen LogP contribution >= 0.6 is 0 Å². The zero-order valence-electron chi connectivity index (χ0n) is 15.7. The quantitative estimate of drug-likeness (QED) is 0.656. The van der Waals surface area contributed by atoms with Crippen LogP contribution in [-0.4, -0.2) is 17.1 Å². The molecule has 4 heteroatoms. The van der Waals surface area contributed by atoms with E-state index in [-0.39, 0.29) is 11.9 Å². The molecule has 136 valence electrons. The van der Waals surface area contributed by atoms with Crippen molar-refractivity contribution in [3.8, 4) is 5.75 Å². The third kappa shape index (κ3) is 3.59. The van der Waals surface area contributed by atoms with E-state index in [4.69, 9.17) is 4.74 Å². The van der Waals surface area contributed by atoms with Crippen molar-refractivity contribution in [1.82, 2.24) is 9.88 Å². The Balaban J connectivity index is 1.96.